The first-order chi connectivity index (χ1) is 9.73. The van der Waals surface area contributed by atoms with Crippen LogP contribution in [0.5, 0.6) is 5.75 Å². The number of rotatable bonds is 0. The van der Waals surface area contributed by atoms with Crippen molar-refractivity contribution in [3.8, 4) is 5.75 Å². The van der Waals surface area contributed by atoms with Crippen LogP contribution in [0.2, 0.25) is 0 Å². The van der Waals surface area contributed by atoms with Crippen molar-refractivity contribution in [3.05, 3.63) is 34.9 Å². The van der Waals surface area contributed by atoms with Crippen LogP contribution in [0.4, 0.5) is 0 Å². The number of hydrogen-bond acceptors (Lipinski definition) is 4. The van der Waals surface area contributed by atoms with Crippen molar-refractivity contribution in [2.75, 3.05) is 0 Å². The molecule has 0 radical (unpaired) electrons. The lowest BCUT2D eigenvalue weighted by atomic mass is 9.60. The van der Waals surface area contributed by atoms with Crippen molar-refractivity contribution in [2.45, 2.75) is 33.3 Å². The zero-order valence-electron chi connectivity index (χ0n) is 12.3. The number of aromatic hydroxyl groups is 1. The van der Waals surface area contributed by atoms with E-state index in [1.165, 1.54) is 6.08 Å². The number of aliphatic hydroxyl groups is 1. The van der Waals surface area contributed by atoms with Crippen molar-refractivity contribution < 1.29 is 19.8 Å². The number of benzene rings is 1. The fourth-order valence-corrected chi connectivity index (χ4v) is 3.39. The zero-order valence-corrected chi connectivity index (χ0v) is 12.3. The molecule has 2 atom stereocenters. The Hall–Kier alpha value is -1.94. The van der Waals surface area contributed by atoms with Crippen LogP contribution in [0.25, 0.3) is 5.57 Å². The highest BCUT2D eigenvalue weighted by Gasteiger charge is 2.48. The monoisotopic (exact) mass is 286 g/mol. The first-order valence-corrected chi connectivity index (χ1v) is 7.04. The van der Waals surface area contributed by atoms with Gasteiger partial charge in [-0.1, -0.05) is 13.8 Å². The minimum Gasteiger partial charge on any atom is -0.508 e. The highest BCUT2D eigenvalue weighted by molar-refractivity contribution is 6.10. The van der Waals surface area contributed by atoms with Gasteiger partial charge in [0.2, 0.25) is 0 Å². The summed E-state index contributed by atoms with van der Waals surface area (Å²) in [5, 5.41) is 20.0. The molecular weight excluding hydrogens is 268 g/mol. The quantitative estimate of drug-likeness (QED) is 0.767. The highest BCUT2D eigenvalue weighted by Crippen LogP contribution is 2.50. The third-order valence-corrected chi connectivity index (χ3v) is 4.88. The number of phenols is 1. The van der Waals surface area contributed by atoms with Gasteiger partial charge in [-0.3, -0.25) is 9.59 Å². The van der Waals surface area contributed by atoms with Gasteiger partial charge in [0.25, 0.3) is 0 Å². The Bertz CT molecular complexity index is 697. The van der Waals surface area contributed by atoms with Crippen LogP contribution in [0.15, 0.2) is 18.2 Å². The molecule has 0 fully saturated rings. The van der Waals surface area contributed by atoms with Crippen molar-refractivity contribution in [1.29, 1.82) is 0 Å². The Morgan fingerprint density at radius 2 is 1.86 bits per heavy atom. The second kappa shape index (κ2) is 4.28. The number of allylic oxidation sites excluding steroid dienone is 1. The van der Waals surface area contributed by atoms with Crippen LogP contribution in [0.1, 0.15) is 41.8 Å². The molecule has 0 saturated heterocycles. The van der Waals surface area contributed by atoms with Crippen molar-refractivity contribution in [1.82, 2.24) is 0 Å². The van der Waals surface area contributed by atoms with Gasteiger partial charge in [-0.2, -0.15) is 0 Å². The molecular formula is C17H18O4. The van der Waals surface area contributed by atoms with Crippen LogP contribution in [0, 0.1) is 18.3 Å². The van der Waals surface area contributed by atoms with E-state index in [0.717, 1.165) is 5.57 Å². The Morgan fingerprint density at radius 3 is 2.52 bits per heavy atom. The topological polar surface area (TPSA) is 74.6 Å². The Morgan fingerprint density at radius 1 is 1.19 bits per heavy atom. The lowest BCUT2D eigenvalue weighted by Gasteiger charge is -2.44. The summed E-state index contributed by atoms with van der Waals surface area (Å²) in [5.74, 6) is -0.455. The summed E-state index contributed by atoms with van der Waals surface area (Å²) >= 11 is 0. The molecule has 0 aliphatic heterocycles. The Kier molecular flexibility index (Phi) is 2.85. The van der Waals surface area contributed by atoms with E-state index < -0.39 is 11.5 Å². The summed E-state index contributed by atoms with van der Waals surface area (Å²) in [7, 11) is 0. The molecule has 0 heterocycles. The molecule has 0 saturated carbocycles. The summed E-state index contributed by atoms with van der Waals surface area (Å²) in [6, 6.07) is 3.23. The van der Waals surface area contributed by atoms with E-state index in [4.69, 9.17) is 0 Å². The van der Waals surface area contributed by atoms with E-state index in [0.29, 0.717) is 16.7 Å². The standard InChI is InChI=1S/C17H18O4/c1-8-4-11-9(5-13(8)18)10-6-15(20)16(21)17(2,3)12(10)7-14(11)19/h4-6,12,16,18,21H,7H2,1-3H3/t12-,16-/m1/s1. The smallest absolute Gasteiger partial charge is 0.184 e. The predicted octanol–water partition coefficient (Wildman–Crippen LogP) is 2.26. The average molecular weight is 286 g/mol. The zero-order chi connectivity index (χ0) is 15.5. The van der Waals surface area contributed by atoms with Gasteiger partial charge in [-0.05, 0) is 47.8 Å². The molecule has 0 amide bonds. The first-order valence-electron chi connectivity index (χ1n) is 7.04. The molecule has 3 rings (SSSR count). The van der Waals surface area contributed by atoms with Crippen molar-refractivity contribution >= 4 is 17.1 Å². The number of phenolic OH excluding ortho intramolecular Hbond substituents is 1. The molecule has 21 heavy (non-hydrogen) atoms. The summed E-state index contributed by atoms with van der Waals surface area (Å²) in [6.45, 7) is 5.35. The number of aryl methyl sites for hydroxylation is 1. The third-order valence-electron chi connectivity index (χ3n) is 4.88. The van der Waals surface area contributed by atoms with E-state index in [1.54, 1.807) is 32.9 Å². The van der Waals surface area contributed by atoms with Crippen molar-refractivity contribution in [2.24, 2.45) is 11.3 Å². The molecule has 0 spiro atoms. The first kappa shape index (κ1) is 14.0. The van der Waals surface area contributed by atoms with Crippen LogP contribution < -0.4 is 0 Å². The molecule has 1 aromatic rings. The highest BCUT2D eigenvalue weighted by atomic mass is 16.3. The van der Waals surface area contributed by atoms with E-state index in [2.05, 4.69) is 0 Å². The van der Waals surface area contributed by atoms with Gasteiger partial charge in [0, 0.05) is 17.4 Å². The minimum absolute atomic E-state index is 0.00938. The van der Waals surface area contributed by atoms with Gasteiger partial charge in [-0.15, -0.1) is 0 Å². The van der Waals surface area contributed by atoms with Crippen molar-refractivity contribution in [3.63, 3.8) is 0 Å². The van der Waals surface area contributed by atoms with E-state index >= 15 is 0 Å². The number of carbonyl (C=O) groups excluding carboxylic acids is 2. The maximum atomic E-state index is 12.4. The van der Waals surface area contributed by atoms with Gasteiger partial charge < -0.3 is 10.2 Å². The maximum absolute atomic E-state index is 12.4. The number of ketones is 2. The number of aliphatic hydroxyl groups excluding tert-OH is 1. The SMILES string of the molecule is Cc1cc2c(cc1O)C1=CC(=O)[C@@H](O)C(C)(C)[C@@H]1CC2=O. The second-order valence-electron chi connectivity index (χ2n) is 6.59. The predicted molar refractivity (Wildman–Crippen MR) is 78.1 cm³/mol. The van der Waals surface area contributed by atoms with Crippen LogP contribution in [-0.4, -0.2) is 27.9 Å². The Labute approximate surface area is 123 Å². The van der Waals surface area contributed by atoms with Gasteiger partial charge in [-0.25, -0.2) is 0 Å². The van der Waals surface area contributed by atoms with Gasteiger partial charge in [0.1, 0.15) is 11.9 Å². The number of Topliss-reactive ketones (excluding diaryl/α,β-unsaturated/α-hetero) is 1. The maximum Gasteiger partial charge on any atom is 0.184 e. The lowest BCUT2D eigenvalue weighted by molar-refractivity contribution is -0.130. The molecule has 110 valence electrons. The number of carbonyl (C=O) groups is 2. The lowest BCUT2D eigenvalue weighted by Crippen LogP contribution is -2.47. The summed E-state index contributed by atoms with van der Waals surface area (Å²) in [4.78, 5) is 24.4. The summed E-state index contributed by atoms with van der Waals surface area (Å²) in [5.41, 5.74) is 1.86. The third kappa shape index (κ3) is 1.86. The summed E-state index contributed by atoms with van der Waals surface area (Å²) in [6.07, 6.45) is 0.612. The van der Waals surface area contributed by atoms with Gasteiger partial charge in [0.15, 0.2) is 11.6 Å². The molecule has 2 aliphatic carbocycles. The molecule has 2 N–H and O–H groups in total. The van der Waals surface area contributed by atoms with Crippen LogP contribution >= 0.6 is 0 Å². The normalized spacial score (nSPS) is 27.0. The molecule has 0 bridgehead atoms. The van der Waals surface area contributed by atoms with E-state index in [-0.39, 0.29) is 29.7 Å². The second-order valence-corrected chi connectivity index (χ2v) is 6.59. The van der Waals surface area contributed by atoms with Crippen LogP contribution in [0.3, 0.4) is 0 Å². The largest absolute Gasteiger partial charge is 0.508 e. The molecule has 1 aromatic carbocycles. The summed E-state index contributed by atoms with van der Waals surface area (Å²) < 4.78 is 0. The molecule has 0 unspecified atom stereocenters. The van der Waals surface area contributed by atoms with Gasteiger partial charge in [0.05, 0.1) is 0 Å². The molecule has 0 aromatic heterocycles. The molecule has 2 aliphatic rings. The number of fused-ring (bicyclic) bond motifs is 3. The minimum atomic E-state index is -1.10. The average Bonchev–Trinajstić information content (AvgIpc) is 2.41. The fourth-order valence-electron chi connectivity index (χ4n) is 3.39. The number of hydrogen-bond donors (Lipinski definition) is 2. The van der Waals surface area contributed by atoms with Crippen LogP contribution in [-0.2, 0) is 4.79 Å². The van der Waals surface area contributed by atoms with E-state index in [1.807, 2.05) is 0 Å². The molecule has 4 nitrogen and oxygen atoms in total. The molecule has 4 heteroatoms. The Balaban J connectivity index is 2.27. The van der Waals surface area contributed by atoms with E-state index in [9.17, 15) is 19.8 Å². The van der Waals surface area contributed by atoms with Gasteiger partial charge >= 0.3 is 0 Å². The fraction of sp³-hybridized carbons (Fsp3) is 0.412.